The number of carbonyl (C=O) groups excluding carboxylic acids is 3. The van der Waals surface area contributed by atoms with Crippen LogP contribution in [0, 0.1) is 5.41 Å². The topological polar surface area (TPSA) is 112 Å². The van der Waals surface area contributed by atoms with Crippen molar-refractivity contribution in [3.63, 3.8) is 0 Å². The highest BCUT2D eigenvalue weighted by molar-refractivity contribution is 6.08. The lowest BCUT2D eigenvalue weighted by molar-refractivity contribution is 0.0934. The number of hydrogen-bond acceptors (Lipinski definition) is 5. The highest BCUT2D eigenvalue weighted by Gasteiger charge is 2.30. The highest BCUT2D eigenvalue weighted by Crippen LogP contribution is 2.31. The van der Waals surface area contributed by atoms with E-state index in [4.69, 9.17) is 10.1 Å². The van der Waals surface area contributed by atoms with Gasteiger partial charge in [-0.1, -0.05) is 26.8 Å². The minimum absolute atomic E-state index is 0.00148. The maximum absolute atomic E-state index is 13.3. The van der Waals surface area contributed by atoms with Crippen molar-refractivity contribution >= 4 is 23.4 Å². The third-order valence-corrected chi connectivity index (χ3v) is 6.06. The highest BCUT2D eigenvalue weighted by atomic mass is 16.5. The van der Waals surface area contributed by atoms with Crippen molar-refractivity contribution in [3.8, 4) is 5.75 Å². The van der Waals surface area contributed by atoms with Gasteiger partial charge in [0.25, 0.3) is 11.8 Å². The van der Waals surface area contributed by atoms with Crippen LogP contribution >= 0.6 is 0 Å². The Labute approximate surface area is 212 Å². The molecule has 0 atom stereocenters. The molecule has 0 spiro atoms. The number of nitrogens with one attached hydrogen (secondary N) is 3. The number of amidine groups is 1. The Morgan fingerprint density at radius 1 is 1.08 bits per heavy atom. The van der Waals surface area contributed by atoms with Gasteiger partial charge >= 0.3 is 0 Å². The average molecular weight is 493 g/mol. The van der Waals surface area contributed by atoms with Gasteiger partial charge in [0.05, 0.1) is 18.7 Å². The van der Waals surface area contributed by atoms with E-state index in [-0.39, 0.29) is 41.4 Å². The molecular weight excluding hydrogens is 456 g/mol. The van der Waals surface area contributed by atoms with Gasteiger partial charge in [-0.3, -0.25) is 19.8 Å². The third-order valence-electron chi connectivity index (χ3n) is 6.06. The number of benzene rings is 2. The molecule has 8 nitrogen and oxygen atoms in total. The summed E-state index contributed by atoms with van der Waals surface area (Å²) < 4.78 is 5.66. The molecule has 1 aliphatic heterocycles. The molecule has 1 heterocycles. The zero-order valence-electron chi connectivity index (χ0n) is 22.2. The summed E-state index contributed by atoms with van der Waals surface area (Å²) in [6.07, 6.45) is 0. The van der Waals surface area contributed by atoms with Crippen LogP contribution in [0.5, 0.6) is 5.75 Å². The first-order valence-corrected chi connectivity index (χ1v) is 12.2. The van der Waals surface area contributed by atoms with Gasteiger partial charge in [-0.25, -0.2) is 0 Å². The van der Waals surface area contributed by atoms with Crippen molar-refractivity contribution in [2.45, 2.75) is 59.5 Å². The summed E-state index contributed by atoms with van der Waals surface area (Å²) in [5.74, 6) is 0.0465. The van der Waals surface area contributed by atoms with Crippen molar-refractivity contribution in [1.29, 1.82) is 5.41 Å². The van der Waals surface area contributed by atoms with Crippen molar-refractivity contribution < 1.29 is 19.1 Å². The van der Waals surface area contributed by atoms with Crippen LogP contribution in [-0.4, -0.2) is 54.6 Å². The molecule has 3 N–H and O–H groups in total. The summed E-state index contributed by atoms with van der Waals surface area (Å²) in [4.78, 5) is 40.1. The lowest BCUT2D eigenvalue weighted by Gasteiger charge is -2.24. The number of hydrogen-bond donors (Lipinski definition) is 3. The Morgan fingerprint density at radius 3 is 2.36 bits per heavy atom. The molecule has 3 rings (SSSR count). The molecule has 0 radical (unpaired) electrons. The number of rotatable bonds is 8. The first kappa shape index (κ1) is 26.9. The zero-order valence-corrected chi connectivity index (χ0v) is 22.2. The van der Waals surface area contributed by atoms with Crippen LogP contribution in [0.3, 0.4) is 0 Å². The SMILES string of the molecule is CCOc1cc2c(cc1C(=O)NC)C(=N)N(CC(=O)c1ccc(C(=O)NC(C)C)c(C(C)(C)C)c1)C2. The average Bonchev–Trinajstić information content (AvgIpc) is 3.10. The molecule has 0 unspecified atom stereocenters. The van der Waals surface area contributed by atoms with Gasteiger partial charge in [0.2, 0.25) is 0 Å². The number of ketones is 1. The second-order valence-electron chi connectivity index (χ2n) is 10.3. The lowest BCUT2D eigenvalue weighted by Crippen LogP contribution is -2.33. The van der Waals surface area contributed by atoms with Crippen molar-refractivity contribution in [2.75, 3.05) is 20.2 Å². The molecule has 36 heavy (non-hydrogen) atoms. The van der Waals surface area contributed by atoms with Crippen molar-refractivity contribution in [1.82, 2.24) is 15.5 Å². The number of carbonyl (C=O) groups is 3. The van der Waals surface area contributed by atoms with Gasteiger partial charge in [-0.15, -0.1) is 0 Å². The predicted octanol–water partition coefficient (Wildman–Crippen LogP) is 3.90. The quantitative estimate of drug-likeness (QED) is 0.484. The molecular formula is C28H36N4O4. The van der Waals surface area contributed by atoms with Gasteiger partial charge in [-0.2, -0.15) is 0 Å². The Morgan fingerprint density at radius 2 is 1.78 bits per heavy atom. The number of fused-ring (bicyclic) bond motifs is 1. The van der Waals surface area contributed by atoms with Gasteiger partial charge in [0.15, 0.2) is 5.78 Å². The standard InChI is InChI=1S/C28H36N4O4/c1-8-36-24-12-18-14-32(25(29)20(18)13-21(24)26(34)30-7)15-23(33)17-9-10-19(27(35)31-16(2)3)22(11-17)28(4,5)6/h9-13,16,29H,8,14-15H2,1-7H3,(H,30,34)(H,31,35). The van der Waals surface area contributed by atoms with E-state index in [1.54, 1.807) is 42.3 Å². The summed E-state index contributed by atoms with van der Waals surface area (Å²) in [5, 5.41) is 14.2. The predicted molar refractivity (Wildman–Crippen MR) is 140 cm³/mol. The lowest BCUT2D eigenvalue weighted by atomic mass is 9.82. The van der Waals surface area contributed by atoms with E-state index in [1.807, 2.05) is 41.5 Å². The number of ether oxygens (including phenoxy) is 1. The zero-order chi connectivity index (χ0) is 26.8. The number of nitrogens with zero attached hydrogens (tertiary/aromatic N) is 1. The molecule has 1 aliphatic rings. The Kier molecular flexibility index (Phi) is 7.86. The van der Waals surface area contributed by atoms with Crippen LogP contribution in [0.2, 0.25) is 0 Å². The normalized spacial score (nSPS) is 13.0. The molecule has 0 aromatic heterocycles. The van der Waals surface area contributed by atoms with Crippen LogP contribution in [0.25, 0.3) is 0 Å². The van der Waals surface area contributed by atoms with Crippen LogP contribution in [0.4, 0.5) is 0 Å². The summed E-state index contributed by atoms with van der Waals surface area (Å²) in [6, 6.07) is 8.62. The molecule has 0 fully saturated rings. The van der Waals surface area contributed by atoms with Crippen LogP contribution in [-0.2, 0) is 12.0 Å². The minimum Gasteiger partial charge on any atom is -0.493 e. The molecule has 2 aromatic rings. The van der Waals surface area contributed by atoms with Gasteiger partial charge in [-0.05, 0) is 61.6 Å². The Balaban J connectivity index is 1.87. The summed E-state index contributed by atoms with van der Waals surface area (Å²) in [7, 11) is 1.55. The first-order chi connectivity index (χ1) is 16.9. The van der Waals surface area contributed by atoms with E-state index in [0.717, 1.165) is 11.1 Å². The minimum atomic E-state index is -0.345. The van der Waals surface area contributed by atoms with E-state index >= 15 is 0 Å². The van der Waals surface area contributed by atoms with E-state index in [9.17, 15) is 14.4 Å². The Hall–Kier alpha value is -3.68. The van der Waals surface area contributed by atoms with Gasteiger partial charge in [0.1, 0.15) is 11.6 Å². The van der Waals surface area contributed by atoms with Crippen molar-refractivity contribution in [3.05, 3.63) is 63.7 Å². The Bertz CT molecular complexity index is 1210. The fourth-order valence-corrected chi connectivity index (χ4v) is 4.29. The van der Waals surface area contributed by atoms with E-state index in [0.29, 0.717) is 41.2 Å². The molecule has 2 amide bonds. The monoisotopic (exact) mass is 492 g/mol. The van der Waals surface area contributed by atoms with E-state index < -0.39 is 0 Å². The fraction of sp³-hybridized carbons (Fsp3) is 0.429. The second-order valence-corrected chi connectivity index (χ2v) is 10.3. The molecule has 0 saturated heterocycles. The summed E-state index contributed by atoms with van der Waals surface area (Å²) in [6.45, 7) is 12.5. The number of amides is 2. The summed E-state index contributed by atoms with van der Waals surface area (Å²) in [5.41, 5.74) is 3.30. The van der Waals surface area contributed by atoms with Crippen molar-refractivity contribution in [2.24, 2.45) is 0 Å². The molecule has 2 aromatic carbocycles. The smallest absolute Gasteiger partial charge is 0.254 e. The largest absolute Gasteiger partial charge is 0.493 e. The first-order valence-electron chi connectivity index (χ1n) is 12.2. The molecule has 0 aliphatic carbocycles. The fourth-order valence-electron chi connectivity index (χ4n) is 4.29. The van der Waals surface area contributed by atoms with Crippen LogP contribution in [0.1, 0.15) is 89.3 Å². The molecule has 192 valence electrons. The third kappa shape index (κ3) is 5.58. The molecule has 0 bridgehead atoms. The van der Waals surface area contributed by atoms with E-state index in [2.05, 4.69) is 10.6 Å². The maximum atomic E-state index is 13.3. The number of Topliss-reactive ketones (excluding diaryl/α,β-unsaturated/α-hetero) is 1. The summed E-state index contributed by atoms with van der Waals surface area (Å²) >= 11 is 0. The van der Waals surface area contributed by atoms with Crippen LogP contribution in [0.15, 0.2) is 30.3 Å². The van der Waals surface area contributed by atoms with E-state index in [1.165, 1.54) is 0 Å². The van der Waals surface area contributed by atoms with Gasteiger partial charge in [0, 0.05) is 36.3 Å². The molecule has 8 heteroatoms. The second kappa shape index (κ2) is 10.5. The molecule has 0 saturated carbocycles. The maximum Gasteiger partial charge on any atom is 0.254 e. The van der Waals surface area contributed by atoms with Crippen LogP contribution < -0.4 is 15.4 Å². The van der Waals surface area contributed by atoms with Gasteiger partial charge < -0.3 is 20.3 Å².